The number of halogens is 16. The third-order valence-electron chi connectivity index (χ3n) is 10.6. The molecule has 69 heavy (non-hydrogen) atoms. The highest BCUT2D eigenvalue weighted by atomic mass is 35.7. The van der Waals surface area contributed by atoms with Gasteiger partial charge in [-0.3, -0.25) is 0 Å². The lowest BCUT2D eigenvalue weighted by Crippen LogP contribution is -2.84. The molecule has 12 nitrogen and oxygen atoms in total. The van der Waals surface area contributed by atoms with Crippen molar-refractivity contribution in [2.45, 2.75) is 149 Å². The molecule has 45 heteroatoms. The molecule has 0 radical (unpaired) electrons. The first-order valence-electron chi connectivity index (χ1n) is 21.9. The van der Waals surface area contributed by atoms with E-state index in [2.05, 4.69) is 0 Å². The van der Waals surface area contributed by atoms with Crippen LogP contribution in [0.15, 0.2) is 0 Å². The van der Waals surface area contributed by atoms with Gasteiger partial charge in [-0.25, -0.2) is 0 Å². The molecule has 0 N–H and O–H groups in total. The molecule has 0 aromatic rings. The van der Waals surface area contributed by atoms with E-state index < -0.39 is 124 Å². The zero-order chi connectivity index (χ0) is 52.9. The summed E-state index contributed by atoms with van der Waals surface area (Å²) in [6.45, 7) is -9.64. The third kappa shape index (κ3) is 24.5. The highest BCUT2D eigenvalue weighted by Gasteiger charge is 2.79. The van der Waals surface area contributed by atoms with E-state index in [-0.39, 0.29) is 101 Å². The Hall–Kier alpha value is 7.85. The Morgan fingerprint density at radius 3 is 0.754 bits per heavy atom. The fourth-order valence-corrected chi connectivity index (χ4v) is 88.7. The van der Waals surface area contributed by atoms with E-state index >= 15 is 0 Å². The van der Waals surface area contributed by atoms with Gasteiger partial charge in [0.05, 0.1) is 0 Å². The minimum absolute atomic E-state index is 0.000306. The lowest BCUT2D eigenvalue weighted by atomic mass is 10.9. The van der Waals surface area contributed by atoms with Gasteiger partial charge in [0.1, 0.15) is 10.5 Å². The van der Waals surface area contributed by atoms with Crippen molar-refractivity contribution < 1.29 is 49.4 Å². The van der Waals surface area contributed by atoms with Crippen molar-refractivity contribution in [2.75, 3.05) is 0 Å². The van der Waals surface area contributed by atoms with E-state index in [1.54, 1.807) is 45.8 Å². The van der Waals surface area contributed by atoms with Crippen molar-refractivity contribution in [2.24, 2.45) is 0 Å². The summed E-state index contributed by atoms with van der Waals surface area (Å²) in [4.78, 5) is 0. The van der Waals surface area contributed by atoms with Gasteiger partial charge in [0.25, 0.3) is 0 Å². The van der Waals surface area contributed by atoms with Crippen LogP contribution in [0.1, 0.15) is 0 Å². The van der Waals surface area contributed by atoms with Crippen LogP contribution in [0.25, 0.3) is 0 Å². The first-order chi connectivity index (χ1) is 30.7. The van der Waals surface area contributed by atoms with E-state index in [4.69, 9.17) is 227 Å². The van der Waals surface area contributed by atoms with E-state index in [0.29, 0.717) is 6.04 Å². The van der Waals surface area contributed by atoms with E-state index in [1.165, 1.54) is 0 Å². The van der Waals surface area contributed by atoms with E-state index in [9.17, 15) is 0 Å². The van der Waals surface area contributed by atoms with Gasteiger partial charge in [0, 0.05) is 42.3 Å². The van der Waals surface area contributed by atoms with Crippen LogP contribution in [0.2, 0.25) is 149 Å². The molecule has 4 heterocycles. The molecule has 0 aromatic carbocycles. The van der Waals surface area contributed by atoms with Crippen molar-refractivity contribution in [3.8, 4) is 0 Å². The molecule has 4 rings (SSSR count). The summed E-state index contributed by atoms with van der Waals surface area (Å²) in [7, 11) is -34.8. The quantitative estimate of drug-likeness (QED) is 0.0641. The normalized spacial score (nSPS) is 34.5. The van der Waals surface area contributed by atoms with Crippen LogP contribution < -0.4 is 0 Å². The van der Waals surface area contributed by atoms with Crippen LogP contribution in [0.5, 0.6) is 0 Å². The Bertz CT molecular complexity index is 1650. The maximum atomic E-state index is 7.76. The molecule has 0 spiro atoms. The fraction of sp³-hybridized carbons (Fsp3) is 1.00. The standard InChI is InChI=1S/C24H60Cl16O12Si17/c1-55(25,26)10-9-54-42-64(19-12-57(3,29)30)46-66(21-14-59(5,33)34)44-63(41-53,18-11-56(2,27)28)45-67(22-15-60(6,35)36)47-65(43-54,20-13-58(4,31)32)49-68(48-64,23-16-61(7,37)38)52-69(50-66,51-67)24-17-62(8,39)40/h54H,9-24H2,1-8,53H3. The minimum Gasteiger partial charge on any atom is -0.425 e. The van der Waals surface area contributed by atoms with Crippen LogP contribution in [0.3, 0.4) is 0 Å². The van der Waals surface area contributed by atoms with Gasteiger partial charge in [0.2, 0.25) is 53.5 Å². The molecule has 0 aromatic heterocycles. The zero-order valence-electron chi connectivity index (χ0n) is 39.3. The monoisotopic (exact) mass is 1580 g/mol. The Balaban J connectivity index is 2.33. The molecule has 0 amide bonds. The molecule has 4 aliphatic heterocycles. The van der Waals surface area contributed by atoms with Crippen molar-refractivity contribution >= 4 is 312 Å². The average molecular weight is 1590 g/mol. The zero-order valence-corrected chi connectivity index (χ0v) is 69.6. The van der Waals surface area contributed by atoms with Gasteiger partial charge in [-0.15, -0.1) is 177 Å². The molecule has 4 atom stereocenters. The maximum absolute atomic E-state index is 7.76. The fourth-order valence-electron chi connectivity index (χ4n) is 7.28. The average Bonchev–Trinajstić information content (AvgIpc) is 3.10. The minimum atomic E-state index is -4.60. The molecule has 0 aliphatic carbocycles. The van der Waals surface area contributed by atoms with Gasteiger partial charge in [-0.1, -0.05) is 0 Å². The summed E-state index contributed by atoms with van der Waals surface area (Å²) in [6.07, 6.45) is 0. The molecule has 6 bridgehead atoms. The molecule has 0 saturated carbocycles. The van der Waals surface area contributed by atoms with Gasteiger partial charge in [0.15, 0.2) is 0 Å². The van der Waals surface area contributed by atoms with Crippen LogP contribution in [0.4, 0.5) is 0 Å². The number of hydrogen-bond donors (Lipinski definition) is 0. The second-order valence-corrected chi connectivity index (χ2v) is 110. The molecule has 4 saturated heterocycles. The van der Waals surface area contributed by atoms with Crippen molar-refractivity contribution in [1.29, 1.82) is 0 Å². The van der Waals surface area contributed by atoms with Crippen molar-refractivity contribution in [1.82, 2.24) is 0 Å². The summed E-state index contributed by atoms with van der Waals surface area (Å²) < 4.78 is 91.3. The molecular formula is C24H60Cl16O12Si17. The summed E-state index contributed by atoms with van der Waals surface area (Å²) in [5.41, 5.74) is 0. The van der Waals surface area contributed by atoms with E-state index in [0.717, 1.165) is 0 Å². The first kappa shape index (κ1) is 69.3. The number of hydrogen-bond acceptors (Lipinski definition) is 12. The lowest BCUT2D eigenvalue weighted by molar-refractivity contribution is 0.00416. The predicted octanol–water partition coefficient (Wildman–Crippen LogP) is 14.7. The Morgan fingerprint density at radius 2 is 0.522 bits per heavy atom. The predicted molar refractivity (Wildman–Crippen MR) is 334 cm³/mol. The Kier molecular flexibility index (Phi) is 25.7. The smallest absolute Gasteiger partial charge is 0.425 e. The number of fused-ring (bicyclic) bond motifs is 4. The maximum Gasteiger partial charge on any atom is 0.478 e. The third-order valence-corrected chi connectivity index (χ3v) is 69.5. The highest BCUT2D eigenvalue weighted by molar-refractivity contribution is 7.48. The van der Waals surface area contributed by atoms with Crippen LogP contribution >= 0.6 is 177 Å². The van der Waals surface area contributed by atoms with Gasteiger partial charge >= 0.3 is 70.9 Å². The van der Waals surface area contributed by atoms with E-state index in [1.807, 2.05) is 6.55 Å². The van der Waals surface area contributed by atoms with Crippen LogP contribution in [-0.2, 0) is 49.4 Å². The summed E-state index contributed by atoms with van der Waals surface area (Å²) in [5, 5.41) is 0. The lowest BCUT2D eigenvalue weighted by Gasteiger charge is -2.60. The highest BCUT2D eigenvalue weighted by Crippen LogP contribution is 2.54. The van der Waals surface area contributed by atoms with Gasteiger partial charge < -0.3 is 49.4 Å². The first-order valence-corrected chi connectivity index (χ1v) is 75.8. The van der Waals surface area contributed by atoms with Crippen molar-refractivity contribution in [3.63, 3.8) is 0 Å². The van der Waals surface area contributed by atoms with Gasteiger partial charge in [-0.2, -0.15) is 0 Å². The van der Waals surface area contributed by atoms with Gasteiger partial charge in [-0.05, 0) is 107 Å². The molecule has 408 valence electrons. The molecule has 4 unspecified atom stereocenters. The number of rotatable bonds is 25. The SMILES string of the molecule is C[Si](Cl)(Cl)CC[SiH]1O[Si]2(CC[Si](C)(Cl)Cl)O[Si]3(CC[Si](C)(Cl)Cl)O[Si](CC[Si](C)(Cl)Cl)(O[SiH3])O[Si]4(CC[Si](C)(Cl)Cl)O[Si](CC[Si](C)(Cl)Cl)(O1)O[Si](CC[Si](C)(Cl)Cl)(O2)O[Si](CC[Si](C)(Cl)Cl)(O3)O4. The van der Waals surface area contributed by atoms with Crippen LogP contribution in [-0.4, -0.2) is 135 Å². The van der Waals surface area contributed by atoms with Crippen molar-refractivity contribution in [3.05, 3.63) is 0 Å². The van der Waals surface area contributed by atoms with Crippen LogP contribution in [0, 0.1) is 0 Å². The summed E-state index contributed by atoms with van der Waals surface area (Å²) in [6, 6.07) is 2.20. The Labute approximate surface area is 503 Å². The molecular weight excluding hydrogens is 1520 g/mol. The molecule has 4 fully saturated rings. The molecule has 4 aliphatic rings. The topological polar surface area (TPSA) is 111 Å². The second kappa shape index (κ2) is 25.6. The Morgan fingerprint density at radius 1 is 0.319 bits per heavy atom. The second-order valence-electron chi connectivity index (χ2n) is 19.2. The largest absolute Gasteiger partial charge is 0.478 e. The summed E-state index contributed by atoms with van der Waals surface area (Å²) in [5.74, 6) is 0. The summed E-state index contributed by atoms with van der Waals surface area (Å²) >= 11 is 111.